The van der Waals surface area contributed by atoms with Crippen molar-refractivity contribution in [2.24, 2.45) is 23.7 Å². The largest absolute Gasteiger partial charge is 0.457 e. The fourth-order valence-corrected chi connectivity index (χ4v) is 5.10. The normalized spacial score (nSPS) is 28.5. The molecule has 4 nitrogen and oxygen atoms in total. The number of carbonyl (C=O) groups is 2. The molecule has 0 unspecified atom stereocenters. The lowest BCUT2D eigenvalue weighted by Crippen LogP contribution is -2.32. The van der Waals surface area contributed by atoms with Crippen LogP contribution < -0.4 is 9.64 Å². The average molecular weight is 424 g/mol. The number of hydrogen-bond donors (Lipinski definition) is 0. The zero-order chi connectivity index (χ0) is 18.7. The third kappa shape index (κ3) is 2.56. The number of allylic oxidation sites excluding steroid dienone is 2. The molecule has 2 aromatic rings. The van der Waals surface area contributed by atoms with Crippen LogP contribution in [0.3, 0.4) is 0 Å². The Morgan fingerprint density at radius 3 is 2.19 bits per heavy atom. The number of rotatable bonds is 3. The van der Waals surface area contributed by atoms with Crippen molar-refractivity contribution in [3.8, 4) is 11.5 Å². The third-order valence-corrected chi connectivity index (χ3v) is 6.55. The maximum Gasteiger partial charge on any atom is 0.238 e. The minimum Gasteiger partial charge on any atom is -0.457 e. The minimum absolute atomic E-state index is 0.0495. The summed E-state index contributed by atoms with van der Waals surface area (Å²) < 4.78 is 6.81. The highest BCUT2D eigenvalue weighted by Crippen LogP contribution is 2.55. The Kier molecular flexibility index (Phi) is 3.76. The van der Waals surface area contributed by atoms with Crippen molar-refractivity contribution in [1.82, 2.24) is 0 Å². The fraction of sp³-hybridized carbons (Fsp3) is 0.273. The molecule has 1 aliphatic heterocycles. The van der Waals surface area contributed by atoms with E-state index in [1.54, 1.807) is 24.3 Å². The number of anilines is 1. The van der Waals surface area contributed by atoms with Crippen molar-refractivity contribution in [2.45, 2.75) is 13.3 Å². The highest BCUT2D eigenvalue weighted by molar-refractivity contribution is 9.10. The predicted octanol–water partition coefficient (Wildman–Crippen LogP) is 4.94. The fourth-order valence-electron chi connectivity index (χ4n) is 4.83. The number of imide groups is 1. The summed E-state index contributed by atoms with van der Waals surface area (Å²) in [7, 11) is 0. The van der Waals surface area contributed by atoms with Crippen molar-refractivity contribution >= 4 is 33.4 Å². The quantitative estimate of drug-likeness (QED) is 0.518. The van der Waals surface area contributed by atoms with Crippen molar-refractivity contribution in [2.75, 3.05) is 4.90 Å². The standard InChI is InChI=1S/C22H18BrNO3/c1-12-10-13-11-18(12)20-19(13)21(25)24(22(20)26)15-4-8-17(9-5-15)27-16-6-2-14(23)3-7-16/h2-10,13,18-20H,11H2,1H3/t13-,18+,19+,20+/m1/s1. The number of hydrogen-bond acceptors (Lipinski definition) is 3. The van der Waals surface area contributed by atoms with Gasteiger partial charge in [-0.2, -0.15) is 0 Å². The van der Waals surface area contributed by atoms with E-state index in [9.17, 15) is 9.59 Å². The monoisotopic (exact) mass is 423 g/mol. The van der Waals surface area contributed by atoms with E-state index in [2.05, 4.69) is 28.9 Å². The Morgan fingerprint density at radius 1 is 0.926 bits per heavy atom. The van der Waals surface area contributed by atoms with Crippen LogP contribution in [0.5, 0.6) is 11.5 Å². The van der Waals surface area contributed by atoms with Gasteiger partial charge < -0.3 is 4.74 Å². The molecule has 2 fully saturated rings. The summed E-state index contributed by atoms with van der Waals surface area (Å²) in [6.07, 6.45) is 3.14. The Labute approximate surface area is 165 Å². The lowest BCUT2D eigenvalue weighted by molar-refractivity contribution is -0.123. The molecule has 3 aliphatic rings. The average Bonchev–Trinajstić information content (AvgIpc) is 3.29. The van der Waals surface area contributed by atoms with Crippen LogP contribution in [0, 0.1) is 23.7 Å². The third-order valence-electron chi connectivity index (χ3n) is 6.02. The molecule has 5 heteroatoms. The number of fused-ring (bicyclic) bond motifs is 5. The van der Waals surface area contributed by atoms with Gasteiger partial charge in [0, 0.05) is 4.47 Å². The van der Waals surface area contributed by atoms with Crippen LogP contribution in [-0.2, 0) is 9.59 Å². The summed E-state index contributed by atoms with van der Waals surface area (Å²) >= 11 is 3.40. The number of halogens is 1. The van der Waals surface area contributed by atoms with Gasteiger partial charge in [-0.25, -0.2) is 0 Å². The van der Waals surface area contributed by atoms with E-state index in [1.807, 2.05) is 24.3 Å². The summed E-state index contributed by atoms with van der Waals surface area (Å²) in [6.45, 7) is 2.08. The maximum absolute atomic E-state index is 13.0. The van der Waals surface area contributed by atoms with Crippen molar-refractivity contribution in [1.29, 1.82) is 0 Å². The number of nitrogens with zero attached hydrogens (tertiary/aromatic N) is 1. The van der Waals surface area contributed by atoms with Crippen LogP contribution in [0.25, 0.3) is 0 Å². The summed E-state index contributed by atoms with van der Waals surface area (Å²) in [5.41, 5.74) is 1.89. The Bertz CT molecular complexity index is 964. The number of benzene rings is 2. The van der Waals surface area contributed by atoms with Crippen molar-refractivity contribution in [3.63, 3.8) is 0 Å². The van der Waals surface area contributed by atoms with E-state index in [4.69, 9.17) is 4.74 Å². The zero-order valence-corrected chi connectivity index (χ0v) is 16.3. The minimum atomic E-state index is -0.176. The van der Waals surface area contributed by atoms with Gasteiger partial charge in [-0.15, -0.1) is 0 Å². The van der Waals surface area contributed by atoms with Crippen molar-refractivity contribution < 1.29 is 14.3 Å². The highest BCUT2D eigenvalue weighted by Gasteiger charge is 2.60. The Morgan fingerprint density at radius 2 is 1.52 bits per heavy atom. The molecule has 2 aliphatic carbocycles. The van der Waals surface area contributed by atoms with Gasteiger partial charge >= 0.3 is 0 Å². The molecule has 2 bridgehead atoms. The van der Waals surface area contributed by atoms with E-state index in [0.29, 0.717) is 11.4 Å². The first-order valence-electron chi connectivity index (χ1n) is 9.12. The van der Waals surface area contributed by atoms with Gasteiger partial charge in [0.1, 0.15) is 11.5 Å². The van der Waals surface area contributed by atoms with Crippen LogP contribution in [-0.4, -0.2) is 11.8 Å². The summed E-state index contributed by atoms with van der Waals surface area (Å²) in [6, 6.07) is 14.7. The second-order valence-electron chi connectivity index (χ2n) is 7.53. The number of amides is 2. The van der Waals surface area contributed by atoms with Gasteiger partial charge in [-0.05, 0) is 73.7 Å². The van der Waals surface area contributed by atoms with E-state index in [1.165, 1.54) is 10.5 Å². The molecule has 0 N–H and O–H groups in total. The second kappa shape index (κ2) is 6.06. The summed E-state index contributed by atoms with van der Waals surface area (Å²) in [5.74, 6) is 1.40. The molecular formula is C22H18BrNO3. The molecule has 2 amide bonds. The van der Waals surface area contributed by atoms with Gasteiger partial charge in [0.25, 0.3) is 0 Å². The molecule has 1 heterocycles. The maximum atomic E-state index is 13.0. The van der Waals surface area contributed by atoms with Gasteiger partial charge in [-0.3, -0.25) is 14.5 Å². The number of ether oxygens (including phenoxy) is 1. The summed E-state index contributed by atoms with van der Waals surface area (Å²) in [4.78, 5) is 27.3. The highest BCUT2D eigenvalue weighted by atomic mass is 79.9. The molecule has 136 valence electrons. The van der Waals surface area contributed by atoms with Gasteiger partial charge in [0.05, 0.1) is 17.5 Å². The van der Waals surface area contributed by atoms with E-state index in [-0.39, 0.29) is 35.5 Å². The molecule has 5 rings (SSSR count). The zero-order valence-electron chi connectivity index (χ0n) is 14.8. The van der Waals surface area contributed by atoms with E-state index in [0.717, 1.165) is 16.6 Å². The molecule has 0 aromatic heterocycles. The van der Waals surface area contributed by atoms with Gasteiger partial charge in [0.15, 0.2) is 0 Å². The molecule has 4 atom stereocenters. The van der Waals surface area contributed by atoms with Gasteiger partial charge in [0.2, 0.25) is 11.8 Å². The molecule has 1 saturated heterocycles. The first kappa shape index (κ1) is 16.8. The molecule has 27 heavy (non-hydrogen) atoms. The lowest BCUT2D eigenvalue weighted by Gasteiger charge is -2.19. The Hall–Kier alpha value is -2.40. The predicted molar refractivity (Wildman–Crippen MR) is 105 cm³/mol. The summed E-state index contributed by atoms with van der Waals surface area (Å²) in [5, 5.41) is 0. The first-order chi connectivity index (χ1) is 13.0. The topological polar surface area (TPSA) is 46.6 Å². The van der Waals surface area contributed by atoms with Crippen LogP contribution in [0.2, 0.25) is 0 Å². The van der Waals surface area contributed by atoms with Crippen LogP contribution >= 0.6 is 15.9 Å². The van der Waals surface area contributed by atoms with E-state index >= 15 is 0 Å². The van der Waals surface area contributed by atoms with Crippen LogP contribution in [0.15, 0.2) is 64.7 Å². The van der Waals surface area contributed by atoms with E-state index < -0.39 is 0 Å². The Balaban J connectivity index is 1.37. The smallest absolute Gasteiger partial charge is 0.238 e. The van der Waals surface area contributed by atoms with Crippen LogP contribution in [0.4, 0.5) is 5.69 Å². The molecule has 2 aromatic carbocycles. The molecule has 0 radical (unpaired) electrons. The SMILES string of the molecule is CC1=C[C@@H]2C[C@@H]1[C@@H]1C(=O)N(c3ccc(Oc4ccc(Br)cc4)cc3)C(=O)[C@H]12. The number of carbonyl (C=O) groups excluding carboxylic acids is 2. The molecular weight excluding hydrogens is 406 g/mol. The first-order valence-corrected chi connectivity index (χ1v) is 9.92. The molecule has 0 spiro atoms. The van der Waals surface area contributed by atoms with Crippen molar-refractivity contribution in [3.05, 3.63) is 64.7 Å². The molecule has 1 saturated carbocycles. The van der Waals surface area contributed by atoms with Gasteiger partial charge in [-0.1, -0.05) is 27.6 Å². The van der Waals surface area contributed by atoms with Crippen LogP contribution in [0.1, 0.15) is 13.3 Å². The second-order valence-corrected chi connectivity index (χ2v) is 8.45. The lowest BCUT2D eigenvalue weighted by atomic mass is 9.82.